The molecular weight excluding hydrogens is 485 g/mol. The van der Waals surface area contributed by atoms with Crippen LogP contribution in [0.1, 0.15) is 29.1 Å². The van der Waals surface area contributed by atoms with Crippen LogP contribution in [0.5, 0.6) is 0 Å². The lowest BCUT2D eigenvalue weighted by molar-refractivity contribution is 0.112. The Labute approximate surface area is 189 Å². The molecule has 1 unspecified atom stereocenters. The summed E-state index contributed by atoms with van der Waals surface area (Å²) in [6, 6.07) is 26.9. The monoisotopic (exact) mass is 505 g/mol. The summed E-state index contributed by atoms with van der Waals surface area (Å²) in [7, 11) is 0. The molecule has 0 fully saturated rings. The number of fused-ring (bicyclic) bond motifs is 2. The molecule has 0 N–H and O–H groups in total. The minimum atomic E-state index is -0.316. The smallest absolute Gasteiger partial charge is 0.202 e. The van der Waals surface area contributed by atoms with E-state index in [0.29, 0.717) is 5.56 Å². The molecule has 0 bridgehead atoms. The molecule has 4 aromatic carbocycles. The molecular formula is C26H20INO2. The zero-order chi connectivity index (χ0) is 20.7. The Bertz CT molecular complexity index is 1310. The van der Waals surface area contributed by atoms with Gasteiger partial charge in [0.2, 0.25) is 6.23 Å². The van der Waals surface area contributed by atoms with Gasteiger partial charge in [0.25, 0.3) is 0 Å². The second-order valence-electron chi connectivity index (χ2n) is 7.43. The van der Waals surface area contributed by atoms with E-state index in [0.717, 1.165) is 44.2 Å². The van der Waals surface area contributed by atoms with Crippen molar-refractivity contribution in [3.05, 3.63) is 101 Å². The number of nitrogens with zero attached hydrogens (tertiary/aromatic N) is 1. The van der Waals surface area contributed by atoms with E-state index in [1.54, 1.807) is 0 Å². The second kappa shape index (κ2) is 7.76. The van der Waals surface area contributed by atoms with Crippen LogP contribution in [-0.4, -0.2) is 10.7 Å². The van der Waals surface area contributed by atoms with Gasteiger partial charge in [0, 0.05) is 20.9 Å². The lowest BCUT2D eigenvalue weighted by Crippen LogP contribution is -2.26. The van der Waals surface area contributed by atoms with Crippen LogP contribution in [0.15, 0.2) is 90.3 Å². The molecule has 0 saturated carbocycles. The van der Waals surface area contributed by atoms with Gasteiger partial charge in [-0.05, 0) is 35.2 Å². The van der Waals surface area contributed by atoms with Gasteiger partial charge in [0.1, 0.15) is 5.76 Å². The summed E-state index contributed by atoms with van der Waals surface area (Å²) in [5.41, 5.74) is 3.73. The summed E-state index contributed by atoms with van der Waals surface area (Å²) < 4.78 is 7.19. The normalized spacial score (nSPS) is 16.3. The molecule has 5 rings (SSSR count). The largest absolute Gasteiger partial charge is 0.469 e. The molecule has 0 saturated heterocycles. The Morgan fingerprint density at radius 1 is 0.933 bits per heavy atom. The van der Waals surface area contributed by atoms with Gasteiger partial charge in [-0.2, -0.15) is 0 Å². The van der Waals surface area contributed by atoms with Crippen molar-refractivity contribution in [3.63, 3.8) is 0 Å². The number of carbonyl (C=O) groups is 1. The van der Waals surface area contributed by atoms with Gasteiger partial charge in [0.15, 0.2) is 6.29 Å². The molecule has 1 atom stereocenters. The number of allylic oxidation sites excluding steroid dienone is 2. The highest BCUT2D eigenvalue weighted by Crippen LogP contribution is 2.45. The number of ether oxygens (including phenoxy) is 1. The summed E-state index contributed by atoms with van der Waals surface area (Å²) >= 11 is 2.37. The van der Waals surface area contributed by atoms with E-state index in [-0.39, 0.29) is 6.23 Å². The third kappa shape index (κ3) is 3.06. The standard InChI is InChI=1S/C26H20INO2/c1-17-24(15-27)28(25-22(16-29)13-11-19-7-4-5-9-23(19)25)26(30-17)21-12-10-18-6-2-3-8-20(18)14-21/h2-14,16,26H,15H2,1H3. The van der Waals surface area contributed by atoms with Crippen molar-refractivity contribution in [2.24, 2.45) is 0 Å². The highest BCUT2D eigenvalue weighted by molar-refractivity contribution is 14.1. The quantitative estimate of drug-likeness (QED) is 0.170. The van der Waals surface area contributed by atoms with Gasteiger partial charge in [-0.3, -0.25) is 4.79 Å². The molecule has 0 amide bonds. The average molecular weight is 505 g/mol. The maximum absolute atomic E-state index is 12.0. The number of rotatable bonds is 4. The van der Waals surface area contributed by atoms with Gasteiger partial charge >= 0.3 is 0 Å². The van der Waals surface area contributed by atoms with Gasteiger partial charge < -0.3 is 9.64 Å². The molecule has 148 valence electrons. The molecule has 1 aliphatic heterocycles. The highest BCUT2D eigenvalue weighted by Gasteiger charge is 2.35. The Morgan fingerprint density at radius 3 is 2.40 bits per heavy atom. The van der Waals surface area contributed by atoms with E-state index in [1.165, 1.54) is 10.8 Å². The summed E-state index contributed by atoms with van der Waals surface area (Å²) in [6.07, 6.45) is 0.626. The van der Waals surface area contributed by atoms with Gasteiger partial charge in [-0.15, -0.1) is 0 Å². The first-order chi connectivity index (χ1) is 14.7. The first-order valence-corrected chi connectivity index (χ1v) is 11.4. The lowest BCUT2D eigenvalue weighted by Gasteiger charge is -2.30. The number of hydrogen-bond donors (Lipinski definition) is 0. The maximum Gasteiger partial charge on any atom is 0.202 e. The van der Waals surface area contributed by atoms with Gasteiger partial charge in [-0.25, -0.2) is 0 Å². The van der Waals surface area contributed by atoms with Crippen LogP contribution < -0.4 is 4.90 Å². The minimum Gasteiger partial charge on any atom is -0.469 e. The van der Waals surface area contributed by atoms with E-state index < -0.39 is 0 Å². The van der Waals surface area contributed by atoms with Crippen molar-refractivity contribution < 1.29 is 9.53 Å². The molecule has 30 heavy (non-hydrogen) atoms. The predicted molar refractivity (Wildman–Crippen MR) is 131 cm³/mol. The van der Waals surface area contributed by atoms with Crippen molar-refractivity contribution in [1.29, 1.82) is 0 Å². The van der Waals surface area contributed by atoms with E-state index in [2.05, 4.69) is 70.0 Å². The Hall–Kier alpha value is -2.86. The lowest BCUT2D eigenvalue weighted by atomic mass is 10.0. The summed E-state index contributed by atoms with van der Waals surface area (Å²) in [5, 5.41) is 4.53. The van der Waals surface area contributed by atoms with Crippen LogP contribution in [0.25, 0.3) is 21.5 Å². The SMILES string of the molecule is CC1=C(CI)N(c2c(C=O)ccc3ccccc23)C(c2ccc3ccccc3c2)O1. The molecule has 4 heteroatoms. The van der Waals surface area contributed by atoms with Crippen LogP contribution in [0.4, 0.5) is 5.69 Å². The van der Waals surface area contributed by atoms with Gasteiger partial charge in [-0.1, -0.05) is 89.3 Å². The minimum absolute atomic E-state index is 0.316. The van der Waals surface area contributed by atoms with Crippen molar-refractivity contribution in [3.8, 4) is 0 Å². The van der Waals surface area contributed by atoms with E-state index in [1.807, 2.05) is 43.3 Å². The fraction of sp³-hybridized carbons (Fsp3) is 0.115. The molecule has 1 heterocycles. The molecule has 4 aromatic rings. The van der Waals surface area contributed by atoms with Crippen LogP contribution in [0.3, 0.4) is 0 Å². The van der Waals surface area contributed by atoms with Crippen molar-refractivity contribution in [1.82, 2.24) is 0 Å². The first-order valence-electron chi connectivity index (χ1n) is 9.88. The zero-order valence-electron chi connectivity index (χ0n) is 16.5. The first kappa shape index (κ1) is 19.1. The average Bonchev–Trinajstić information content (AvgIpc) is 3.13. The van der Waals surface area contributed by atoms with E-state index in [9.17, 15) is 4.79 Å². The van der Waals surface area contributed by atoms with Crippen LogP contribution in [-0.2, 0) is 4.74 Å². The maximum atomic E-state index is 12.0. The Morgan fingerprint density at radius 2 is 1.63 bits per heavy atom. The number of hydrogen-bond acceptors (Lipinski definition) is 3. The molecule has 0 aliphatic carbocycles. The third-order valence-electron chi connectivity index (χ3n) is 5.71. The number of halogens is 1. The predicted octanol–water partition coefficient (Wildman–Crippen LogP) is 7.01. The summed E-state index contributed by atoms with van der Waals surface area (Å²) in [6.45, 7) is 2.01. The third-order valence-corrected chi connectivity index (χ3v) is 6.43. The number of benzene rings is 4. The van der Waals surface area contributed by atoms with Crippen LogP contribution >= 0.6 is 22.6 Å². The molecule has 1 aliphatic rings. The Balaban J connectivity index is 1.74. The summed E-state index contributed by atoms with van der Waals surface area (Å²) in [5.74, 6) is 0.896. The molecule has 0 aromatic heterocycles. The Kier molecular flexibility index (Phi) is 4.95. The second-order valence-corrected chi connectivity index (χ2v) is 8.19. The van der Waals surface area contributed by atoms with Gasteiger partial charge in [0.05, 0.1) is 11.4 Å². The van der Waals surface area contributed by atoms with Crippen LogP contribution in [0.2, 0.25) is 0 Å². The van der Waals surface area contributed by atoms with Crippen molar-refractivity contribution >= 4 is 56.1 Å². The number of aldehydes is 1. The fourth-order valence-electron chi connectivity index (χ4n) is 4.22. The molecule has 0 radical (unpaired) electrons. The number of anilines is 1. The molecule has 3 nitrogen and oxygen atoms in total. The topological polar surface area (TPSA) is 29.5 Å². The number of alkyl halides is 1. The number of carbonyl (C=O) groups excluding carboxylic acids is 1. The van der Waals surface area contributed by atoms with Crippen molar-refractivity contribution in [2.45, 2.75) is 13.2 Å². The zero-order valence-corrected chi connectivity index (χ0v) is 18.7. The van der Waals surface area contributed by atoms with Crippen LogP contribution in [0, 0.1) is 0 Å². The van der Waals surface area contributed by atoms with E-state index >= 15 is 0 Å². The fourth-order valence-corrected chi connectivity index (χ4v) is 5.13. The summed E-state index contributed by atoms with van der Waals surface area (Å²) in [4.78, 5) is 14.2. The molecule has 0 spiro atoms. The van der Waals surface area contributed by atoms with Crippen molar-refractivity contribution in [2.75, 3.05) is 9.33 Å². The highest BCUT2D eigenvalue weighted by atomic mass is 127. The van der Waals surface area contributed by atoms with E-state index in [4.69, 9.17) is 4.74 Å².